The number of benzene rings is 3. The van der Waals surface area contributed by atoms with Crippen LogP contribution in [0.25, 0.3) is 0 Å². The first-order chi connectivity index (χ1) is 18.8. The molecule has 198 valence electrons. The number of allylic oxidation sites excluding steroid dienone is 1. The molecule has 1 aliphatic heterocycles. The summed E-state index contributed by atoms with van der Waals surface area (Å²) in [5.41, 5.74) is 4.68. The molecule has 10 heteroatoms. The number of hydrogen-bond donors (Lipinski definition) is 3. The Morgan fingerprint density at radius 3 is 2.56 bits per heavy atom. The first-order valence-corrected chi connectivity index (χ1v) is 13.2. The normalized spacial score (nSPS) is 14.4. The monoisotopic (exact) mass is 541 g/mol. The lowest BCUT2D eigenvalue weighted by molar-refractivity contribution is -0.113. The quantitative estimate of drug-likeness (QED) is 0.250. The van der Waals surface area contributed by atoms with Crippen molar-refractivity contribution in [2.45, 2.75) is 30.8 Å². The van der Waals surface area contributed by atoms with Crippen LogP contribution in [0.4, 0.5) is 11.6 Å². The standard InChI is InChI=1S/C29H27N5O4S/c1-17-7-4-5-10-23(17)31-26(35)24-18(2)30-28-32-29(39-16-19-8-6-9-22(15-19)38-3)33-34(28)25(24)20-11-13-21(14-12-20)27(36)37/h4-15,25H,16H2,1-3H3,(H,31,35)(H,36,37)(H,30,32,33)/t25-/m0/s1. The summed E-state index contributed by atoms with van der Waals surface area (Å²) in [6.07, 6.45) is 0. The number of anilines is 2. The van der Waals surface area contributed by atoms with Gasteiger partial charge in [0, 0.05) is 17.1 Å². The van der Waals surface area contributed by atoms with Crippen molar-refractivity contribution in [3.8, 4) is 5.75 Å². The summed E-state index contributed by atoms with van der Waals surface area (Å²) >= 11 is 1.47. The molecule has 0 saturated heterocycles. The first-order valence-electron chi connectivity index (χ1n) is 12.2. The number of para-hydroxylation sites is 1. The van der Waals surface area contributed by atoms with Crippen LogP contribution in [-0.2, 0) is 10.5 Å². The minimum Gasteiger partial charge on any atom is -0.497 e. The van der Waals surface area contributed by atoms with Crippen molar-refractivity contribution in [1.82, 2.24) is 14.8 Å². The van der Waals surface area contributed by atoms with Crippen molar-refractivity contribution in [3.63, 3.8) is 0 Å². The van der Waals surface area contributed by atoms with Crippen LogP contribution in [0.3, 0.4) is 0 Å². The summed E-state index contributed by atoms with van der Waals surface area (Å²) in [4.78, 5) is 29.8. The highest BCUT2D eigenvalue weighted by Gasteiger charge is 2.34. The highest BCUT2D eigenvalue weighted by molar-refractivity contribution is 7.98. The van der Waals surface area contributed by atoms with Crippen molar-refractivity contribution in [3.05, 3.63) is 106 Å². The zero-order chi connectivity index (χ0) is 27.5. The highest BCUT2D eigenvalue weighted by Crippen LogP contribution is 2.37. The second-order valence-corrected chi connectivity index (χ2v) is 10.0. The Kier molecular flexibility index (Phi) is 7.38. The Balaban J connectivity index is 1.50. The van der Waals surface area contributed by atoms with E-state index in [-0.39, 0.29) is 11.5 Å². The number of aromatic nitrogens is 3. The minimum absolute atomic E-state index is 0.160. The van der Waals surface area contributed by atoms with Crippen LogP contribution < -0.4 is 15.4 Å². The van der Waals surface area contributed by atoms with E-state index in [4.69, 9.17) is 9.84 Å². The molecule has 39 heavy (non-hydrogen) atoms. The van der Waals surface area contributed by atoms with Gasteiger partial charge in [-0.15, -0.1) is 5.10 Å². The molecule has 3 aromatic carbocycles. The Morgan fingerprint density at radius 2 is 1.85 bits per heavy atom. The average Bonchev–Trinajstić information content (AvgIpc) is 3.34. The molecule has 3 N–H and O–H groups in total. The number of carboxylic acids is 1. The van der Waals surface area contributed by atoms with Gasteiger partial charge < -0.3 is 20.5 Å². The van der Waals surface area contributed by atoms with Gasteiger partial charge in [0.25, 0.3) is 5.91 Å². The summed E-state index contributed by atoms with van der Waals surface area (Å²) in [5.74, 6) is 0.606. The van der Waals surface area contributed by atoms with Crippen molar-refractivity contribution >= 4 is 35.3 Å². The fraction of sp³-hybridized carbons (Fsp3) is 0.172. The second-order valence-electron chi connectivity index (χ2n) is 9.07. The van der Waals surface area contributed by atoms with Gasteiger partial charge in [0.1, 0.15) is 11.8 Å². The van der Waals surface area contributed by atoms with Crippen molar-refractivity contribution in [1.29, 1.82) is 0 Å². The molecular weight excluding hydrogens is 514 g/mol. The fourth-order valence-electron chi connectivity index (χ4n) is 4.42. The number of carboxylic acid groups (broad SMARTS) is 1. The number of carbonyl (C=O) groups is 2. The third-order valence-electron chi connectivity index (χ3n) is 6.45. The van der Waals surface area contributed by atoms with Crippen LogP contribution in [0.15, 0.2) is 89.2 Å². The predicted octanol–water partition coefficient (Wildman–Crippen LogP) is 5.51. The minimum atomic E-state index is -1.02. The summed E-state index contributed by atoms with van der Waals surface area (Å²) in [7, 11) is 1.63. The molecule has 1 atom stereocenters. The number of rotatable bonds is 8. The molecule has 1 amide bonds. The topological polar surface area (TPSA) is 118 Å². The van der Waals surface area contributed by atoms with E-state index in [1.807, 2.05) is 62.4 Å². The number of aromatic carboxylic acids is 1. The Morgan fingerprint density at radius 1 is 1.08 bits per heavy atom. The zero-order valence-corrected chi connectivity index (χ0v) is 22.5. The summed E-state index contributed by atoms with van der Waals surface area (Å²) in [5, 5.41) is 20.9. The van der Waals surface area contributed by atoms with E-state index >= 15 is 0 Å². The van der Waals surface area contributed by atoms with Gasteiger partial charge in [-0.25, -0.2) is 9.48 Å². The number of nitrogens with zero attached hydrogens (tertiary/aromatic N) is 3. The maximum absolute atomic E-state index is 13.7. The van der Waals surface area contributed by atoms with Crippen LogP contribution in [0.5, 0.6) is 5.75 Å². The van der Waals surface area contributed by atoms with Gasteiger partial charge in [0.2, 0.25) is 11.1 Å². The maximum atomic E-state index is 13.7. The molecule has 2 heterocycles. The number of ether oxygens (including phenoxy) is 1. The van der Waals surface area contributed by atoms with E-state index in [0.717, 1.165) is 16.9 Å². The number of carbonyl (C=O) groups excluding carboxylic acids is 1. The molecule has 0 spiro atoms. The van der Waals surface area contributed by atoms with Gasteiger partial charge in [-0.3, -0.25) is 4.79 Å². The highest BCUT2D eigenvalue weighted by atomic mass is 32.2. The van der Waals surface area contributed by atoms with Gasteiger partial charge >= 0.3 is 5.97 Å². The lowest BCUT2D eigenvalue weighted by atomic mass is 9.94. The van der Waals surface area contributed by atoms with E-state index in [9.17, 15) is 14.7 Å². The van der Waals surface area contributed by atoms with Gasteiger partial charge in [0.15, 0.2) is 0 Å². The number of hydrogen-bond acceptors (Lipinski definition) is 7. The van der Waals surface area contributed by atoms with Crippen LogP contribution in [0.2, 0.25) is 0 Å². The van der Waals surface area contributed by atoms with E-state index in [1.54, 1.807) is 23.9 Å². The molecule has 1 aromatic heterocycles. The molecular formula is C29H27N5O4S. The predicted molar refractivity (Wildman–Crippen MR) is 150 cm³/mol. The number of nitrogens with one attached hydrogen (secondary N) is 2. The van der Waals surface area contributed by atoms with Gasteiger partial charge in [-0.05, 0) is 60.9 Å². The number of thioether (sulfide) groups is 1. The SMILES string of the molecule is COc1cccc(CSc2nc3n(n2)[C@@H](c2ccc(C(=O)O)cc2)C(C(=O)Nc2ccccc2C)=C(C)N3)c1. The van der Waals surface area contributed by atoms with E-state index < -0.39 is 12.0 Å². The molecule has 0 bridgehead atoms. The molecule has 9 nitrogen and oxygen atoms in total. The van der Waals surface area contributed by atoms with Gasteiger partial charge in [0.05, 0.1) is 18.2 Å². The zero-order valence-electron chi connectivity index (χ0n) is 21.6. The van der Waals surface area contributed by atoms with Crippen molar-refractivity contribution in [2.24, 2.45) is 0 Å². The first kappa shape index (κ1) is 26.1. The molecule has 0 fully saturated rings. The number of fused-ring (bicyclic) bond motifs is 1. The Labute approximate surface area is 229 Å². The smallest absolute Gasteiger partial charge is 0.335 e. The van der Waals surface area contributed by atoms with E-state index in [0.29, 0.717) is 39.4 Å². The molecule has 4 aromatic rings. The van der Waals surface area contributed by atoms with Crippen molar-refractivity contribution in [2.75, 3.05) is 17.7 Å². The molecule has 0 aliphatic carbocycles. The van der Waals surface area contributed by atoms with Gasteiger partial charge in [-0.1, -0.05) is 54.2 Å². The second kappa shape index (κ2) is 11.0. The number of methoxy groups -OCH3 is 1. The lowest BCUT2D eigenvalue weighted by Gasteiger charge is -2.29. The van der Waals surface area contributed by atoms with Crippen LogP contribution in [-0.4, -0.2) is 38.9 Å². The maximum Gasteiger partial charge on any atom is 0.335 e. The lowest BCUT2D eigenvalue weighted by Crippen LogP contribution is -2.31. The van der Waals surface area contributed by atoms with Gasteiger partial charge in [-0.2, -0.15) is 4.98 Å². The summed E-state index contributed by atoms with van der Waals surface area (Å²) < 4.78 is 7.00. The number of aryl methyl sites for hydroxylation is 1. The van der Waals surface area contributed by atoms with Crippen molar-refractivity contribution < 1.29 is 19.4 Å². The molecule has 0 unspecified atom stereocenters. The molecule has 0 radical (unpaired) electrons. The van der Waals surface area contributed by atoms with Crippen LogP contribution in [0.1, 0.15) is 40.0 Å². The van der Waals surface area contributed by atoms with Crippen LogP contribution >= 0.6 is 11.8 Å². The Bertz CT molecular complexity index is 1580. The van der Waals surface area contributed by atoms with E-state index in [2.05, 4.69) is 15.6 Å². The third-order valence-corrected chi connectivity index (χ3v) is 7.36. The van der Waals surface area contributed by atoms with Crippen LogP contribution in [0, 0.1) is 6.92 Å². The number of amides is 1. The average molecular weight is 542 g/mol. The fourth-order valence-corrected chi connectivity index (χ4v) is 5.19. The largest absolute Gasteiger partial charge is 0.497 e. The molecule has 5 rings (SSSR count). The third kappa shape index (κ3) is 5.51. The molecule has 0 saturated carbocycles. The molecule has 1 aliphatic rings. The summed E-state index contributed by atoms with van der Waals surface area (Å²) in [6, 6.07) is 21.2. The summed E-state index contributed by atoms with van der Waals surface area (Å²) in [6.45, 7) is 3.76. The van der Waals surface area contributed by atoms with E-state index in [1.165, 1.54) is 23.9 Å². The Hall–Kier alpha value is -4.57.